The van der Waals surface area contributed by atoms with Gasteiger partial charge in [0.25, 0.3) is 5.91 Å². The van der Waals surface area contributed by atoms with Gasteiger partial charge < -0.3 is 20.5 Å². The number of alkyl halides is 4. The van der Waals surface area contributed by atoms with E-state index < -0.39 is 24.9 Å². The summed E-state index contributed by atoms with van der Waals surface area (Å²) in [5, 5.41) is 16.9. The summed E-state index contributed by atoms with van der Waals surface area (Å²) in [7, 11) is 0. The summed E-state index contributed by atoms with van der Waals surface area (Å²) < 4.78 is 50.8. The molecule has 1 amide bonds. The fraction of sp³-hybridized carbons (Fsp3) is 0.292. The Hall–Kier alpha value is -4.31. The lowest BCUT2D eigenvalue weighted by atomic mass is 10.0. The van der Waals surface area contributed by atoms with Gasteiger partial charge in [-0.3, -0.25) is 9.78 Å². The van der Waals surface area contributed by atoms with Crippen molar-refractivity contribution in [3.05, 3.63) is 64.5 Å². The molecule has 0 radical (unpaired) electrons. The van der Waals surface area contributed by atoms with Gasteiger partial charge in [-0.25, -0.2) is 14.2 Å². The molecule has 3 aromatic rings. The number of anilines is 1. The summed E-state index contributed by atoms with van der Waals surface area (Å²) in [6.45, 7) is 1.91. The molecule has 0 aliphatic carbocycles. The number of carbonyl (C=O) groups excluding carboxylic acids is 1. The van der Waals surface area contributed by atoms with Crippen LogP contribution < -0.4 is 5.73 Å². The minimum Gasteiger partial charge on any atom is -0.475 e. The number of benzene rings is 1. The quantitative estimate of drug-likeness (QED) is 0.486. The fourth-order valence-corrected chi connectivity index (χ4v) is 3.54. The van der Waals surface area contributed by atoms with E-state index in [0.717, 1.165) is 16.5 Å². The Morgan fingerprint density at radius 2 is 1.92 bits per heavy atom. The van der Waals surface area contributed by atoms with Gasteiger partial charge in [-0.05, 0) is 42.8 Å². The number of aliphatic carboxylic acids is 1. The maximum absolute atomic E-state index is 13.5. The van der Waals surface area contributed by atoms with Crippen LogP contribution in [0, 0.1) is 11.3 Å². The predicted octanol–water partition coefficient (Wildman–Crippen LogP) is 3.75. The number of hydrogen-bond donors (Lipinski definition) is 2. The van der Waals surface area contributed by atoms with Crippen molar-refractivity contribution in [2.75, 3.05) is 12.4 Å². The smallest absolute Gasteiger partial charge is 0.475 e. The molecule has 0 fully saturated rings. The molecule has 9 nitrogen and oxygen atoms in total. The number of carbonyl (C=O) groups is 2. The van der Waals surface area contributed by atoms with Gasteiger partial charge in [-0.15, -0.1) is 0 Å². The highest BCUT2D eigenvalue weighted by Gasteiger charge is 2.38. The van der Waals surface area contributed by atoms with Crippen LogP contribution in [0.3, 0.4) is 0 Å². The third-order valence-corrected chi connectivity index (χ3v) is 5.52. The monoisotopic (exact) mass is 519 g/mol. The average molecular weight is 519 g/mol. The van der Waals surface area contributed by atoms with E-state index in [1.807, 2.05) is 6.07 Å². The van der Waals surface area contributed by atoms with Crippen molar-refractivity contribution in [2.45, 2.75) is 38.9 Å². The Balaban J connectivity index is 0.000000479. The van der Waals surface area contributed by atoms with Crippen LogP contribution in [0.4, 0.5) is 23.4 Å². The zero-order valence-electron chi connectivity index (χ0n) is 19.4. The van der Waals surface area contributed by atoms with E-state index in [2.05, 4.69) is 9.97 Å². The van der Waals surface area contributed by atoms with Crippen LogP contribution in [0.1, 0.15) is 39.7 Å². The Morgan fingerprint density at radius 3 is 2.49 bits per heavy atom. The number of fused-ring (bicyclic) bond motifs is 3. The second kappa shape index (κ2) is 11.2. The highest BCUT2D eigenvalue weighted by Crippen LogP contribution is 2.32. The average Bonchev–Trinajstić information content (AvgIpc) is 3.38. The van der Waals surface area contributed by atoms with E-state index in [4.69, 9.17) is 25.6 Å². The minimum absolute atomic E-state index is 0.134. The molecule has 0 bridgehead atoms. The Bertz CT molecular complexity index is 1360. The molecule has 4 rings (SSSR count). The van der Waals surface area contributed by atoms with Crippen molar-refractivity contribution in [1.82, 2.24) is 14.9 Å². The van der Waals surface area contributed by atoms with Gasteiger partial charge in [0, 0.05) is 22.7 Å². The number of amides is 1. The molecule has 1 unspecified atom stereocenters. The minimum atomic E-state index is -5.08. The third kappa shape index (κ3) is 6.28. The molecule has 37 heavy (non-hydrogen) atoms. The molecule has 2 aromatic heterocycles. The lowest BCUT2D eigenvalue weighted by molar-refractivity contribution is -0.192. The van der Waals surface area contributed by atoms with Crippen molar-refractivity contribution in [3.63, 3.8) is 0 Å². The topological polar surface area (TPSA) is 142 Å². The van der Waals surface area contributed by atoms with Crippen molar-refractivity contribution in [2.24, 2.45) is 0 Å². The lowest BCUT2D eigenvalue weighted by Crippen LogP contribution is -2.39. The van der Waals surface area contributed by atoms with Gasteiger partial charge in [0.05, 0.1) is 42.6 Å². The summed E-state index contributed by atoms with van der Waals surface area (Å²) >= 11 is 0. The number of rotatable bonds is 5. The molecule has 3 heterocycles. The molecule has 194 valence electrons. The Morgan fingerprint density at radius 1 is 1.24 bits per heavy atom. The van der Waals surface area contributed by atoms with E-state index >= 15 is 0 Å². The van der Waals surface area contributed by atoms with E-state index in [-0.39, 0.29) is 12.5 Å². The molecule has 13 heteroatoms. The molecule has 1 aliphatic rings. The molecule has 0 spiro atoms. The maximum atomic E-state index is 13.5. The number of nitriles is 1. The van der Waals surface area contributed by atoms with Crippen molar-refractivity contribution < 1.29 is 37.0 Å². The van der Waals surface area contributed by atoms with Crippen molar-refractivity contribution in [3.8, 4) is 6.07 Å². The maximum Gasteiger partial charge on any atom is 0.490 e. The first-order valence-electron chi connectivity index (χ1n) is 10.8. The molecular formula is C24H21F4N5O4. The number of carboxylic acid groups (broad SMARTS) is 1. The number of nitrogen functional groups attached to an aromatic ring is 1. The van der Waals surface area contributed by atoms with Crippen LogP contribution in [-0.4, -0.2) is 50.7 Å². The molecule has 0 saturated carbocycles. The number of pyridine rings is 2. The van der Waals surface area contributed by atoms with Crippen LogP contribution in [0.25, 0.3) is 10.9 Å². The van der Waals surface area contributed by atoms with E-state index in [9.17, 15) is 22.4 Å². The number of ether oxygens (including phenoxy) is 1. The third-order valence-electron chi connectivity index (χ3n) is 5.52. The second-order valence-electron chi connectivity index (χ2n) is 8.07. The summed E-state index contributed by atoms with van der Waals surface area (Å²) in [4.78, 5) is 32.2. The number of carboxylic acids is 1. The summed E-state index contributed by atoms with van der Waals surface area (Å²) in [5.41, 5.74) is 9.91. The van der Waals surface area contributed by atoms with Crippen LogP contribution in [-0.2, 0) is 29.3 Å². The van der Waals surface area contributed by atoms with E-state index in [1.165, 1.54) is 11.1 Å². The van der Waals surface area contributed by atoms with E-state index in [1.54, 1.807) is 37.3 Å². The first kappa shape index (κ1) is 27.3. The molecule has 0 saturated heterocycles. The largest absolute Gasteiger partial charge is 0.490 e. The van der Waals surface area contributed by atoms with Gasteiger partial charge >= 0.3 is 12.1 Å². The van der Waals surface area contributed by atoms with Gasteiger partial charge in [0.2, 0.25) is 0 Å². The van der Waals surface area contributed by atoms with Crippen LogP contribution in [0.5, 0.6) is 0 Å². The van der Waals surface area contributed by atoms with Crippen molar-refractivity contribution >= 4 is 28.6 Å². The zero-order chi connectivity index (χ0) is 27.3. The zero-order valence-corrected chi connectivity index (χ0v) is 19.4. The lowest BCUT2D eigenvalue weighted by Gasteiger charge is -2.27. The Labute approximate surface area is 208 Å². The SMILES string of the molecule is CC(CF)N(Cc1ccc(C#N)cn1)C(=O)c1ccc2nc(N)c3c(c2c1)COC3.O=C(O)C(F)(F)F. The highest BCUT2D eigenvalue weighted by atomic mass is 19.4. The number of hydrogen-bond acceptors (Lipinski definition) is 7. The number of halogens is 4. The van der Waals surface area contributed by atoms with Gasteiger partial charge in [-0.2, -0.15) is 18.4 Å². The normalized spacial score (nSPS) is 13.2. The van der Waals surface area contributed by atoms with E-state index in [0.29, 0.717) is 41.4 Å². The van der Waals surface area contributed by atoms with Gasteiger partial charge in [-0.1, -0.05) is 0 Å². The molecule has 1 atom stereocenters. The molecule has 1 aliphatic heterocycles. The molecule has 1 aromatic carbocycles. The molecule has 3 N–H and O–H groups in total. The van der Waals surface area contributed by atoms with Crippen LogP contribution in [0.2, 0.25) is 0 Å². The predicted molar refractivity (Wildman–Crippen MR) is 123 cm³/mol. The number of nitrogens with zero attached hydrogens (tertiary/aromatic N) is 4. The first-order valence-corrected chi connectivity index (χ1v) is 10.8. The van der Waals surface area contributed by atoms with Crippen molar-refractivity contribution in [1.29, 1.82) is 5.26 Å². The highest BCUT2D eigenvalue weighted by molar-refractivity contribution is 5.99. The van der Waals surface area contributed by atoms with Crippen LogP contribution in [0.15, 0.2) is 36.5 Å². The summed E-state index contributed by atoms with van der Waals surface area (Å²) in [6, 6.07) is 9.84. The Kier molecular flexibility index (Phi) is 8.24. The van der Waals surface area contributed by atoms with Crippen LogP contribution >= 0.6 is 0 Å². The van der Waals surface area contributed by atoms with Gasteiger partial charge in [0.15, 0.2) is 0 Å². The van der Waals surface area contributed by atoms with Gasteiger partial charge in [0.1, 0.15) is 18.6 Å². The summed E-state index contributed by atoms with van der Waals surface area (Å²) in [6.07, 6.45) is -3.65. The second-order valence-corrected chi connectivity index (χ2v) is 8.07. The first-order chi connectivity index (χ1) is 17.5. The number of nitrogens with two attached hydrogens (primary N) is 1. The molecular weight excluding hydrogens is 498 g/mol. The number of aromatic nitrogens is 2. The standard InChI is InChI=1S/C22H20FN5O2.C2HF3O2/c1-13(7-23)28(10-16-4-2-14(8-24)9-26-16)22(29)15-3-5-20-17(6-15)18-11-30-12-19(18)21(25)27-20;3-2(4,5)1(6)7/h2-6,9,13H,7,10-12H2,1H3,(H2,25,27);(H,6,7). The summed E-state index contributed by atoms with van der Waals surface area (Å²) in [5.74, 6) is -2.63. The fourth-order valence-electron chi connectivity index (χ4n) is 3.54.